The molecular weight excluding hydrogens is 209 g/mol. The van der Waals surface area contributed by atoms with Gasteiger partial charge >= 0.3 is 0 Å². The lowest BCUT2D eigenvalue weighted by atomic mass is 10.1. The van der Waals surface area contributed by atoms with Crippen LogP contribution >= 0.6 is 0 Å². The zero-order valence-corrected chi connectivity index (χ0v) is 9.12. The number of halogens is 1. The van der Waals surface area contributed by atoms with E-state index in [-0.39, 0.29) is 11.9 Å². The topological polar surface area (TPSA) is 44.5 Å². The number of ether oxygens (including phenoxy) is 2. The van der Waals surface area contributed by atoms with Gasteiger partial charge in [0, 0.05) is 31.0 Å². The van der Waals surface area contributed by atoms with Crippen molar-refractivity contribution in [1.29, 1.82) is 0 Å². The van der Waals surface area contributed by atoms with E-state index in [9.17, 15) is 4.39 Å². The third kappa shape index (κ3) is 2.71. The van der Waals surface area contributed by atoms with E-state index < -0.39 is 0 Å². The van der Waals surface area contributed by atoms with Crippen LogP contribution in [0.25, 0.3) is 0 Å². The normalized spacial score (nSPS) is 17.4. The highest BCUT2D eigenvalue weighted by atomic mass is 19.1. The van der Waals surface area contributed by atoms with Gasteiger partial charge in [0.1, 0.15) is 17.7 Å². The van der Waals surface area contributed by atoms with Crippen molar-refractivity contribution < 1.29 is 13.9 Å². The Bertz CT molecular complexity index is 351. The van der Waals surface area contributed by atoms with Crippen molar-refractivity contribution in [3.63, 3.8) is 0 Å². The first kappa shape index (κ1) is 11.4. The van der Waals surface area contributed by atoms with E-state index in [0.29, 0.717) is 25.5 Å². The second-order valence-electron chi connectivity index (χ2n) is 3.89. The Balaban J connectivity index is 2.09. The van der Waals surface area contributed by atoms with Gasteiger partial charge in [-0.15, -0.1) is 0 Å². The highest BCUT2D eigenvalue weighted by Crippen LogP contribution is 2.23. The maximum Gasteiger partial charge on any atom is 0.127 e. The summed E-state index contributed by atoms with van der Waals surface area (Å²) >= 11 is 0. The Morgan fingerprint density at radius 3 is 2.81 bits per heavy atom. The number of benzene rings is 1. The smallest absolute Gasteiger partial charge is 0.127 e. The van der Waals surface area contributed by atoms with Crippen molar-refractivity contribution >= 4 is 0 Å². The molecule has 16 heavy (non-hydrogen) atoms. The van der Waals surface area contributed by atoms with E-state index in [1.54, 1.807) is 6.07 Å². The average molecular weight is 225 g/mol. The molecule has 0 aromatic heterocycles. The summed E-state index contributed by atoms with van der Waals surface area (Å²) in [4.78, 5) is 0. The minimum atomic E-state index is -0.292. The third-order valence-electron chi connectivity index (χ3n) is 2.71. The Morgan fingerprint density at radius 2 is 2.12 bits per heavy atom. The molecule has 1 saturated heterocycles. The molecule has 0 amide bonds. The van der Waals surface area contributed by atoms with Crippen molar-refractivity contribution in [3.05, 3.63) is 29.6 Å². The summed E-state index contributed by atoms with van der Waals surface area (Å²) in [5.41, 5.74) is 6.42. The van der Waals surface area contributed by atoms with E-state index in [0.717, 1.165) is 18.4 Å². The summed E-state index contributed by atoms with van der Waals surface area (Å²) in [6.45, 7) is 1.77. The Labute approximate surface area is 94.3 Å². The van der Waals surface area contributed by atoms with Gasteiger partial charge in [-0.25, -0.2) is 4.39 Å². The predicted octanol–water partition coefficient (Wildman–Crippen LogP) is 1.84. The van der Waals surface area contributed by atoms with Crippen LogP contribution in [-0.4, -0.2) is 19.3 Å². The van der Waals surface area contributed by atoms with Crippen LogP contribution in [0.4, 0.5) is 4.39 Å². The van der Waals surface area contributed by atoms with Gasteiger partial charge in [-0.1, -0.05) is 6.07 Å². The fourth-order valence-electron chi connectivity index (χ4n) is 1.78. The molecule has 88 valence electrons. The summed E-state index contributed by atoms with van der Waals surface area (Å²) < 4.78 is 24.1. The van der Waals surface area contributed by atoms with Crippen LogP contribution in [0.2, 0.25) is 0 Å². The molecule has 1 aromatic rings. The molecule has 0 spiro atoms. The molecule has 1 aliphatic rings. The van der Waals surface area contributed by atoms with Crippen molar-refractivity contribution in [1.82, 2.24) is 0 Å². The van der Waals surface area contributed by atoms with Crippen LogP contribution < -0.4 is 10.5 Å². The van der Waals surface area contributed by atoms with E-state index in [1.807, 2.05) is 0 Å². The molecule has 1 heterocycles. The molecule has 4 heteroatoms. The highest BCUT2D eigenvalue weighted by molar-refractivity contribution is 5.34. The lowest BCUT2D eigenvalue weighted by Gasteiger charge is -2.24. The number of hydrogen-bond donors (Lipinski definition) is 1. The fraction of sp³-hybridized carbons (Fsp3) is 0.500. The summed E-state index contributed by atoms with van der Waals surface area (Å²) in [5, 5.41) is 0. The van der Waals surface area contributed by atoms with Gasteiger partial charge in [0.15, 0.2) is 0 Å². The van der Waals surface area contributed by atoms with Crippen LogP contribution in [0.5, 0.6) is 5.75 Å². The second-order valence-corrected chi connectivity index (χ2v) is 3.89. The minimum Gasteiger partial charge on any atom is -0.490 e. The SMILES string of the molecule is NCc1ccc(F)cc1OC1CCOCC1. The first-order valence-electron chi connectivity index (χ1n) is 5.52. The largest absolute Gasteiger partial charge is 0.490 e. The maximum absolute atomic E-state index is 13.1. The zero-order chi connectivity index (χ0) is 11.4. The summed E-state index contributed by atoms with van der Waals surface area (Å²) in [6.07, 6.45) is 1.81. The molecule has 0 radical (unpaired) electrons. The van der Waals surface area contributed by atoms with Crippen LogP contribution in [0.1, 0.15) is 18.4 Å². The van der Waals surface area contributed by atoms with E-state index in [1.165, 1.54) is 12.1 Å². The zero-order valence-electron chi connectivity index (χ0n) is 9.12. The molecular formula is C12H16FNO2. The molecule has 0 unspecified atom stereocenters. The molecule has 1 aliphatic heterocycles. The van der Waals surface area contributed by atoms with Crippen LogP contribution in [-0.2, 0) is 11.3 Å². The fourth-order valence-corrected chi connectivity index (χ4v) is 1.78. The quantitative estimate of drug-likeness (QED) is 0.853. The molecule has 0 saturated carbocycles. The molecule has 0 bridgehead atoms. The standard InChI is InChI=1S/C12H16FNO2/c13-10-2-1-9(8-14)12(7-10)16-11-3-5-15-6-4-11/h1-2,7,11H,3-6,8,14H2. The first-order valence-corrected chi connectivity index (χ1v) is 5.52. The van der Waals surface area contributed by atoms with Crippen LogP contribution in [0.3, 0.4) is 0 Å². The maximum atomic E-state index is 13.1. The predicted molar refractivity (Wildman–Crippen MR) is 58.8 cm³/mol. The molecule has 2 rings (SSSR count). The summed E-state index contributed by atoms with van der Waals surface area (Å²) in [5.74, 6) is 0.272. The van der Waals surface area contributed by atoms with E-state index in [4.69, 9.17) is 15.2 Å². The van der Waals surface area contributed by atoms with Gasteiger partial charge in [0.05, 0.1) is 13.2 Å². The minimum absolute atomic E-state index is 0.112. The van der Waals surface area contributed by atoms with Gasteiger partial charge in [-0.05, 0) is 6.07 Å². The van der Waals surface area contributed by atoms with E-state index in [2.05, 4.69) is 0 Å². The lowest BCUT2D eigenvalue weighted by molar-refractivity contribution is 0.0251. The van der Waals surface area contributed by atoms with Gasteiger partial charge in [-0.2, -0.15) is 0 Å². The van der Waals surface area contributed by atoms with Crippen molar-refractivity contribution in [2.24, 2.45) is 5.73 Å². The van der Waals surface area contributed by atoms with E-state index >= 15 is 0 Å². The van der Waals surface area contributed by atoms with Crippen LogP contribution in [0, 0.1) is 5.82 Å². The van der Waals surface area contributed by atoms with Crippen molar-refractivity contribution in [2.75, 3.05) is 13.2 Å². The Kier molecular flexibility index (Phi) is 3.74. The monoisotopic (exact) mass is 225 g/mol. The highest BCUT2D eigenvalue weighted by Gasteiger charge is 2.16. The average Bonchev–Trinajstić information content (AvgIpc) is 2.31. The molecule has 2 N–H and O–H groups in total. The number of nitrogens with two attached hydrogens (primary N) is 1. The molecule has 3 nitrogen and oxygen atoms in total. The summed E-state index contributed by atoms with van der Waals surface area (Å²) in [6, 6.07) is 4.47. The molecule has 1 aromatic carbocycles. The van der Waals surface area contributed by atoms with Gasteiger partial charge in [0.2, 0.25) is 0 Å². The Hall–Kier alpha value is -1.13. The molecule has 1 fully saturated rings. The number of hydrogen-bond acceptors (Lipinski definition) is 3. The third-order valence-corrected chi connectivity index (χ3v) is 2.71. The first-order chi connectivity index (χ1) is 7.79. The summed E-state index contributed by atoms with van der Waals surface area (Å²) in [7, 11) is 0. The van der Waals surface area contributed by atoms with Gasteiger partial charge < -0.3 is 15.2 Å². The number of rotatable bonds is 3. The van der Waals surface area contributed by atoms with Gasteiger partial charge in [-0.3, -0.25) is 0 Å². The molecule has 0 atom stereocenters. The van der Waals surface area contributed by atoms with Crippen molar-refractivity contribution in [3.8, 4) is 5.75 Å². The van der Waals surface area contributed by atoms with Crippen molar-refractivity contribution in [2.45, 2.75) is 25.5 Å². The Morgan fingerprint density at radius 1 is 1.38 bits per heavy atom. The second kappa shape index (κ2) is 5.27. The van der Waals surface area contributed by atoms with Crippen LogP contribution in [0.15, 0.2) is 18.2 Å². The van der Waals surface area contributed by atoms with Gasteiger partial charge in [0.25, 0.3) is 0 Å². The lowest BCUT2D eigenvalue weighted by Crippen LogP contribution is -2.26. The molecule has 0 aliphatic carbocycles.